The van der Waals surface area contributed by atoms with Crippen molar-refractivity contribution in [2.24, 2.45) is 5.10 Å². The predicted molar refractivity (Wildman–Crippen MR) is 148 cm³/mol. The summed E-state index contributed by atoms with van der Waals surface area (Å²) in [5.74, 6) is -1.02. The molecule has 0 spiro atoms. The highest BCUT2D eigenvalue weighted by atomic mass is 16.5. The molecule has 0 bridgehead atoms. The lowest BCUT2D eigenvalue weighted by molar-refractivity contribution is -0.136. The molecule has 0 unspecified atom stereocenters. The van der Waals surface area contributed by atoms with Crippen molar-refractivity contribution in [1.82, 2.24) is 5.43 Å². The average Bonchev–Trinajstić information content (AvgIpc) is 2.89. The average molecular weight is 515 g/mol. The molecule has 0 fully saturated rings. The number of nitrogens with zero attached hydrogens (tertiary/aromatic N) is 1. The Morgan fingerprint density at radius 2 is 1.58 bits per heavy atom. The first kappa shape index (κ1) is 27.7. The lowest BCUT2D eigenvalue weighted by Gasteiger charge is -2.13. The summed E-state index contributed by atoms with van der Waals surface area (Å²) in [4.78, 5) is 36.6. The summed E-state index contributed by atoms with van der Waals surface area (Å²) in [6, 6.07) is 17.4. The van der Waals surface area contributed by atoms with Crippen molar-refractivity contribution in [3.05, 3.63) is 95.6 Å². The molecule has 0 aromatic heterocycles. The SMILES string of the molecule is C=CCOc1ccc(NC(=O)C(=O)N/N=C\c2cccc(OCC(=O)Nc3c(C)cc(C)cc3C)c2)cc1. The maximum absolute atomic E-state index is 12.4. The van der Waals surface area contributed by atoms with Crippen LogP contribution in [0.25, 0.3) is 0 Å². The van der Waals surface area contributed by atoms with Gasteiger partial charge in [0.2, 0.25) is 0 Å². The second-order valence-electron chi connectivity index (χ2n) is 8.46. The molecule has 9 heteroatoms. The lowest BCUT2D eigenvalue weighted by Crippen LogP contribution is -2.32. The van der Waals surface area contributed by atoms with Gasteiger partial charge in [0.05, 0.1) is 6.21 Å². The van der Waals surface area contributed by atoms with Crippen LogP contribution < -0.4 is 25.5 Å². The number of amides is 3. The largest absolute Gasteiger partial charge is 0.490 e. The number of carbonyl (C=O) groups is 3. The second-order valence-corrected chi connectivity index (χ2v) is 8.46. The topological polar surface area (TPSA) is 118 Å². The van der Waals surface area contributed by atoms with Crippen LogP contribution in [0.15, 0.2) is 78.4 Å². The van der Waals surface area contributed by atoms with Crippen LogP contribution in [-0.2, 0) is 14.4 Å². The number of rotatable bonds is 10. The minimum absolute atomic E-state index is 0.175. The van der Waals surface area contributed by atoms with E-state index in [9.17, 15) is 14.4 Å². The molecule has 3 aromatic carbocycles. The van der Waals surface area contributed by atoms with Crippen LogP contribution >= 0.6 is 0 Å². The van der Waals surface area contributed by atoms with Gasteiger partial charge in [-0.3, -0.25) is 14.4 Å². The van der Waals surface area contributed by atoms with Crippen LogP contribution in [0.1, 0.15) is 22.3 Å². The van der Waals surface area contributed by atoms with Crippen LogP contribution in [-0.4, -0.2) is 37.1 Å². The van der Waals surface area contributed by atoms with Crippen molar-refractivity contribution < 1.29 is 23.9 Å². The summed E-state index contributed by atoms with van der Waals surface area (Å²) in [6.45, 7) is 9.66. The number of ether oxygens (including phenoxy) is 2. The van der Waals surface area contributed by atoms with E-state index in [0.717, 1.165) is 22.4 Å². The van der Waals surface area contributed by atoms with Gasteiger partial charge in [-0.25, -0.2) is 5.43 Å². The van der Waals surface area contributed by atoms with Crippen molar-refractivity contribution in [3.8, 4) is 11.5 Å². The standard InChI is InChI=1S/C29H30N4O5/c1-5-13-37-24-11-9-23(10-12-24)31-28(35)29(36)33-30-17-22-7-6-8-25(16-22)38-18-26(34)32-27-20(3)14-19(2)15-21(27)4/h5-12,14-17H,1,13,18H2,2-4H3,(H,31,35)(H,32,34)(H,33,36)/b30-17-. The minimum Gasteiger partial charge on any atom is -0.490 e. The lowest BCUT2D eigenvalue weighted by atomic mass is 10.1. The van der Waals surface area contributed by atoms with E-state index in [1.807, 2.05) is 32.9 Å². The normalized spacial score (nSPS) is 10.5. The Labute approximate surface area is 221 Å². The molecule has 38 heavy (non-hydrogen) atoms. The third kappa shape index (κ3) is 8.34. The summed E-state index contributed by atoms with van der Waals surface area (Å²) in [5.41, 5.74) is 7.09. The van der Waals surface area contributed by atoms with E-state index in [1.54, 1.807) is 54.6 Å². The highest BCUT2D eigenvalue weighted by Crippen LogP contribution is 2.22. The van der Waals surface area contributed by atoms with Gasteiger partial charge in [0.15, 0.2) is 6.61 Å². The van der Waals surface area contributed by atoms with Crippen molar-refractivity contribution >= 4 is 35.3 Å². The fourth-order valence-electron chi connectivity index (χ4n) is 3.58. The summed E-state index contributed by atoms with van der Waals surface area (Å²) >= 11 is 0. The molecule has 3 aromatic rings. The predicted octanol–water partition coefficient (Wildman–Crippen LogP) is 4.28. The van der Waals surface area contributed by atoms with Gasteiger partial charge in [-0.1, -0.05) is 42.5 Å². The summed E-state index contributed by atoms with van der Waals surface area (Å²) in [6.07, 6.45) is 2.99. The van der Waals surface area contributed by atoms with E-state index < -0.39 is 11.8 Å². The van der Waals surface area contributed by atoms with Gasteiger partial charge >= 0.3 is 11.8 Å². The maximum atomic E-state index is 12.4. The van der Waals surface area contributed by atoms with E-state index in [1.165, 1.54) is 6.21 Å². The fraction of sp³-hybridized carbons (Fsp3) is 0.172. The van der Waals surface area contributed by atoms with Gasteiger partial charge < -0.3 is 20.1 Å². The van der Waals surface area contributed by atoms with Crippen molar-refractivity contribution in [3.63, 3.8) is 0 Å². The zero-order valence-corrected chi connectivity index (χ0v) is 21.5. The Balaban J connectivity index is 1.48. The number of anilines is 2. The number of nitrogens with one attached hydrogen (secondary N) is 3. The number of hydrogen-bond donors (Lipinski definition) is 3. The molecule has 0 aliphatic rings. The van der Waals surface area contributed by atoms with Gasteiger partial charge in [-0.15, -0.1) is 0 Å². The van der Waals surface area contributed by atoms with Crippen LogP contribution in [0, 0.1) is 20.8 Å². The van der Waals surface area contributed by atoms with Crippen LogP contribution in [0.2, 0.25) is 0 Å². The second kappa shape index (κ2) is 13.4. The third-order valence-electron chi connectivity index (χ3n) is 5.24. The van der Waals surface area contributed by atoms with E-state index in [4.69, 9.17) is 9.47 Å². The van der Waals surface area contributed by atoms with E-state index >= 15 is 0 Å². The zero-order valence-electron chi connectivity index (χ0n) is 21.5. The Morgan fingerprint density at radius 3 is 2.26 bits per heavy atom. The Bertz CT molecular complexity index is 1330. The number of hydrazone groups is 1. The minimum atomic E-state index is -0.931. The first-order valence-electron chi connectivity index (χ1n) is 11.8. The number of carbonyl (C=O) groups excluding carboxylic acids is 3. The van der Waals surface area contributed by atoms with Gasteiger partial charge in [-0.2, -0.15) is 5.10 Å². The van der Waals surface area contributed by atoms with E-state index in [2.05, 4.69) is 27.7 Å². The molecule has 0 radical (unpaired) electrons. The molecule has 9 nitrogen and oxygen atoms in total. The molecular weight excluding hydrogens is 484 g/mol. The molecule has 0 aliphatic heterocycles. The highest BCUT2D eigenvalue weighted by molar-refractivity contribution is 6.39. The van der Waals surface area contributed by atoms with Crippen LogP contribution in [0.3, 0.4) is 0 Å². The van der Waals surface area contributed by atoms with Crippen LogP contribution in [0.4, 0.5) is 11.4 Å². The zero-order chi connectivity index (χ0) is 27.5. The number of benzene rings is 3. The molecule has 0 saturated carbocycles. The first-order valence-corrected chi connectivity index (χ1v) is 11.8. The quantitative estimate of drug-likeness (QED) is 0.162. The molecule has 3 amide bonds. The summed E-state index contributed by atoms with van der Waals surface area (Å²) in [5, 5.41) is 9.19. The fourth-order valence-corrected chi connectivity index (χ4v) is 3.58. The molecule has 196 valence electrons. The van der Waals surface area contributed by atoms with E-state index in [0.29, 0.717) is 29.4 Å². The van der Waals surface area contributed by atoms with Crippen molar-refractivity contribution in [1.29, 1.82) is 0 Å². The molecule has 0 saturated heterocycles. The Morgan fingerprint density at radius 1 is 0.868 bits per heavy atom. The summed E-state index contributed by atoms with van der Waals surface area (Å²) in [7, 11) is 0. The van der Waals surface area contributed by atoms with E-state index in [-0.39, 0.29) is 12.5 Å². The van der Waals surface area contributed by atoms with Crippen molar-refractivity contribution in [2.75, 3.05) is 23.8 Å². The third-order valence-corrected chi connectivity index (χ3v) is 5.24. The molecule has 3 rings (SSSR count). The number of hydrogen-bond acceptors (Lipinski definition) is 6. The van der Waals surface area contributed by atoms with Gasteiger partial charge in [0.25, 0.3) is 5.91 Å². The van der Waals surface area contributed by atoms with Gasteiger partial charge in [0.1, 0.15) is 18.1 Å². The summed E-state index contributed by atoms with van der Waals surface area (Å²) < 4.78 is 11.0. The first-order chi connectivity index (χ1) is 18.2. The number of aryl methyl sites for hydroxylation is 3. The van der Waals surface area contributed by atoms with Gasteiger partial charge in [0, 0.05) is 11.4 Å². The Hall–Kier alpha value is -4.92. The smallest absolute Gasteiger partial charge is 0.329 e. The van der Waals surface area contributed by atoms with Crippen molar-refractivity contribution in [2.45, 2.75) is 20.8 Å². The van der Waals surface area contributed by atoms with Gasteiger partial charge in [-0.05, 0) is 73.9 Å². The molecular formula is C29H30N4O5. The molecule has 3 N–H and O–H groups in total. The maximum Gasteiger partial charge on any atom is 0.329 e. The monoisotopic (exact) mass is 514 g/mol. The highest BCUT2D eigenvalue weighted by Gasteiger charge is 2.13. The molecule has 0 aliphatic carbocycles. The Kier molecular flexibility index (Phi) is 9.76. The molecule has 0 atom stereocenters. The van der Waals surface area contributed by atoms with Crippen LogP contribution in [0.5, 0.6) is 11.5 Å². The molecule has 0 heterocycles.